The molecule has 0 saturated heterocycles. The van der Waals surface area contributed by atoms with Crippen molar-refractivity contribution in [1.29, 1.82) is 0 Å². The molecule has 0 spiro atoms. The number of amides is 1. The number of unbranched alkanes of at least 4 members (excludes halogenated alkanes) is 1. The molecule has 1 aromatic heterocycles. The molecule has 7 nitrogen and oxygen atoms in total. The second kappa shape index (κ2) is 9.14. The molecule has 0 atom stereocenters. The minimum absolute atomic E-state index is 0.0439. The lowest BCUT2D eigenvalue weighted by molar-refractivity contribution is -0.117. The number of ether oxygens (including phenoxy) is 1. The Labute approximate surface area is 162 Å². The number of nitrogens with zero attached hydrogens (tertiary/aromatic N) is 4. The topological polar surface area (TPSA) is 81.9 Å². The van der Waals surface area contributed by atoms with Crippen LogP contribution in [0.15, 0.2) is 48.5 Å². The summed E-state index contributed by atoms with van der Waals surface area (Å²) < 4.78 is 5.64. The number of tetrazole rings is 1. The number of carbonyl (C=O) groups excluding carboxylic acids is 1. The fourth-order valence-corrected chi connectivity index (χ4v) is 2.55. The molecule has 2 aromatic carbocycles. The lowest BCUT2D eigenvalue weighted by Crippen LogP contribution is -2.20. The van der Waals surface area contributed by atoms with Gasteiger partial charge in [-0.05, 0) is 54.1 Å². The number of halogens is 1. The number of rotatable bonds is 8. The molecule has 3 rings (SSSR count). The van der Waals surface area contributed by atoms with E-state index in [1.807, 2.05) is 24.3 Å². The van der Waals surface area contributed by atoms with Gasteiger partial charge in [0.15, 0.2) is 0 Å². The van der Waals surface area contributed by atoms with Gasteiger partial charge in [0, 0.05) is 16.3 Å². The van der Waals surface area contributed by atoms with Gasteiger partial charge in [-0.15, -0.1) is 10.2 Å². The summed E-state index contributed by atoms with van der Waals surface area (Å²) in [6.07, 6.45) is 2.12. The van der Waals surface area contributed by atoms with Crippen molar-refractivity contribution in [3.63, 3.8) is 0 Å². The van der Waals surface area contributed by atoms with Crippen LogP contribution in [0.5, 0.6) is 5.75 Å². The molecule has 140 valence electrons. The average Bonchev–Trinajstić information content (AvgIpc) is 3.11. The standard InChI is InChI=1S/C19H20ClN5O2/c1-2-3-11-27-17-9-7-14(8-10-17)19-22-24-25(23-19)13-18(26)21-16-6-4-5-15(20)12-16/h4-10,12H,2-3,11,13H2,1H3,(H,21,26). The maximum Gasteiger partial charge on any atom is 0.248 e. The smallest absolute Gasteiger partial charge is 0.248 e. The van der Waals surface area contributed by atoms with Crippen molar-refractivity contribution in [2.24, 2.45) is 0 Å². The minimum atomic E-state index is -0.263. The quantitative estimate of drug-likeness (QED) is 0.596. The van der Waals surface area contributed by atoms with Crippen LogP contribution in [0.4, 0.5) is 5.69 Å². The van der Waals surface area contributed by atoms with Gasteiger partial charge < -0.3 is 10.1 Å². The van der Waals surface area contributed by atoms with E-state index in [4.69, 9.17) is 16.3 Å². The molecule has 0 bridgehead atoms. The second-order valence-corrected chi connectivity index (χ2v) is 6.36. The molecule has 27 heavy (non-hydrogen) atoms. The highest BCUT2D eigenvalue weighted by Crippen LogP contribution is 2.19. The fourth-order valence-electron chi connectivity index (χ4n) is 2.36. The Kier molecular flexibility index (Phi) is 6.38. The highest BCUT2D eigenvalue weighted by atomic mass is 35.5. The molecule has 0 aliphatic rings. The zero-order chi connectivity index (χ0) is 19.1. The van der Waals surface area contributed by atoms with Crippen molar-refractivity contribution in [3.8, 4) is 17.1 Å². The summed E-state index contributed by atoms with van der Waals surface area (Å²) in [7, 11) is 0. The second-order valence-electron chi connectivity index (χ2n) is 5.93. The molecule has 1 amide bonds. The average molecular weight is 386 g/mol. The lowest BCUT2D eigenvalue weighted by atomic mass is 10.2. The molecule has 1 N–H and O–H groups in total. The third-order valence-corrected chi connectivity index (χ3v) is 3.96. The van der Waals surface area contributed by atoms with Crippen molar-refractivity contribution in [3.05, 3.63) is 53.6 Å². The summed E-state index contributed by atoms with van der Waals surface area (Å²) in [5.74, 6) is 0.993. The molecule has 1 heterocycles. The van der Waals surface area contributed by atoms with E-state index in [0.29, 0.717) is 23.1 Å². The predicted molar refractivity (Wildman–Crippen MR) is 104 cm³/mol. The van der Waals surface area contributed by atoms with Crippen LogP contribution < -0.4 is 10.1 Å². The van der Waals surface area contributed by atoms with Crippen molar-refractivity contribution in [1.82, 2.24) is 20.2 Å². The first-order chi connectivity index (χ1) is 13.1. The zero-order valence-corrected chi connectivity index (χ0v) is 15.7. The molecule has 0 saturated carbocycles. The van der Waals surface area contributed by atoms with E-state index < -0.39 is 0 Å². The molecular weight excluding hydrogens is 366 g/mol. The largest absolute Gasteiger partial charge is 0.494 e. The summed E-state index contributed by atoms with van der Waals surface area (Å²) in [5, 5.41) is 15.5. The molecule has 0 aliphatic heterocycles. The van der Waals surface area contributed by atoms with E-state index in [0.717, 1.165) is 24.2 Å². The predicted octanol–water partition coefficient (Wildman–Crippen LogP) is 3.81. The van der Waals surface area contributed by atoms with Crippen LogP contribution in [0, 0.1) is 0 Å². The van der Waals surface area contributed by atoms with E-state index in [1.54, 1.807) is 24.3 Å². The highest BCUT2D eigenvalue weighted by molar-refractivity contribution is 6.30. The Morgan fingerprint density at radius 2 is 2.04 bits per heavy atom. The lowest BCUT2D eigenvalue weighted by Gasteiger charge is -2.05. The van der Waals surface area contributed by atoms with Crippen LogP contribution in [0.1, 0.15) is 19.8 Å². The van der Waals surface area contributed by atoms with E-state index in [-0.39, 0.29) is 12.5 Å². The summed E-state index contributed by atoms with van der Waals surface area (Å²) >= 11 is 5.91. The number of anilines is 1. The summed E-state index contributed by atoms with van der Waals surface area (Å²) in [6.45, 7) is 2.78. The Morgan fingerprint density at radius 3 is 2.78 bits per heavy atom. The van der Waals surface area contributed by atoms with Crippen LogP contribution in [-0.2, 0) is 11.3 Å². The van der Waals surface area contributed by atoms with E-state index in [2.05, 4.69) is 27.7 Å². The monoisotopic (exact) mass is 385 g/mol. The third kappa shape index (κ3) is 5.52. The highest BCUT2D eigenvalue weighted by Gasteiger charge is 2.10. The van der Waals surface area contributed by atoms with Gasteiger partial charge >= 0.3 is 0 Å². The van der Waals surface area contributed by atoms with E-state index >= 15 is 0 Å². The summed E-state index contributed by atoms with van der Waals surface area (Å²) in [5.41, 5.74) is 1.42. The van der Waals surface area contributed by atoms with Crippen LogP contribution in [0.3, 0.4) is 0 Å². The number of hydrogen-bond acceptors (Lipinski definition) is 5. The molecule has 0 aliphatic carbocycles. The van der Waals surface area contributed by atoms with Crippen LogP contribution >= 0.6 is 11.6 Å². The maximum atomic E-state index is 12.1. The normalized spacial score (nSPS) is 10.6. The van der Waals surface area contributed by atoms with Crippen LogP contribution in [0.25, 0.3) is 11.4 Å². The Bertz CT molecular complexity index is 895. The molecule has 0 unspecified atom stereocenters. The van der Waals surface area contributed by atoms with E-state index in [9.17, 15) is 4.79 Å². The summed E-state index contributed by atoms with van der Waals surface area (Å²) in [6, 6.07) is 14.4. The first-order valence-electron chi connectivity index (χ1n) is 8.70. The number of nitrogens with one attached hydrogen (secondary N) is 1. The van der Waals surface area contributed by atoms with Crippen LogP contribution in [-0.4, -0.2) is 32.7 Å². The van der Waals surface area contributed by atoms with Gasteiger partial charge in [0.05, 0.1) is 6.61 Å². The number of benzene rings is 2. The summed E-state index contributed by atoms with van der Waals surface area (Å²) in [4.78, 5) is 13.4. The Morgan fingerprint density at radius 1 is 1.22 bits per heavy atom. The first-order valence-corrected chi connectivity index (χ1v) is 9.08. The van der Waals surface area contributed by atoms with Gasteiger partial charge in [-0.2, -0.15) is 4.80 Å². The van der Waals surface area contributed by atoms with Gasteiger partial charge in [0.2, 0.25) is 11.7 Å². The van der Waals surface area contributed by atoms with Crippen molar-refractivity contribution in [2.75, 3.05) is 11.9 Å². The number of hydrogen-bond donors (Lipinski definition) is 1. The van der Waals surface area contributed by atoms with Gasteiger partial charge in [-0.25, -0.2) is 0 Å². The van der Waals surface area contributed by atoms with Gasteiger partial charge in [0.25, 0.3) is 0 Å². The minimum Gasteiger partial charge on any atom is -0.494 e. The van der Waals surface area contributed by atoms with Gasteiger partial charge in [-0.3, -0.25) is 4.79 Å². The Balaban J connectivity index is 1.58. The molecule has 0 radical (unpaired) electrons. The SMILES string of the molecule is CCCCOc1ccc(-c2nnn(CC(=O)Nc3cccc(Cl)c3)n2)cc1. The molecule has 8 heteroatoms. The first kappa shape index (κ1) is 18.8. The van der Waals surface area contributed by atoms with Crippen molar-refractivity contribution >= 4 is 23.2 Å². The van der Waals surface area contributed by atoms with Crippen molar-refractivity contribution < 1.29 is 9.53 Å². The number of aromatic nitrogens is 4. The van der Waals surface area contributed by atoms with Crippen LogP contribution in [0.2, 0.25) is 5.02 Å². The molecular formula is C19H20ClN5O2. The molecule has 3 aromatic rings. The fraction of sp³-hybridized carbons (Fsp3) is 0.263. The third-order valence-electron chi connectivity index (χ3n) is 3.73. The van der Waals surface area contributed by atoms with Gasteiger partial charge in [0.1, 0.15) is 12.3 Å². The van der Waals surface area contributed by atoms with E-state index in [1.165, 1.54) is 4.80 Å². The van der Waals surface area contributed by atoms with Gasteiger partial charge in [-0.1, -0.05) is 31.0 Å². The molecule has 0 fully saturated rings. The van der Waals surface area contributed by atoms with Crippen molar-refractivity contribution in [2.45, 2.75) is 26.3 Å². The Hall–Kier alpha value is -2.93. The zero-order valence-electron chi connectivity index (χ0n) is 14.9. The maximum absolute atomic E-state index is 12.1. The number of carbonyl (C=O) groups is 1.